The van der Waals surface area contributed by atoms with Gasteiger partial charge in [-0.05, 0) is 19.1 Å². The number of carbonyl (C=O) groups excluding carboxylic acids is 1. The first-order valence-electron chi connectivity index (χ1n) is 4.59. The van der Waals surface area contributed by atoms with Crippen molar-refractivity contribution in [3.63, 3.8) is 0 Å². The van der Waals surface area contributed by atoms with Gasteiger partial charge in [0.25, 0.3) is 0 Å². The number of nitrogens with one attached hydrogen (secondary N) is 1. The van der Waals surface area contributed by atoms with E-state index in [1.807, 2.05) is 0 Å². The van der Waals surface area contributed by atoms with E-state index in [1.54, 1.807) is 26.0 Å². The molecular weight excluding hydrogens is 182 g/mol. The summed E-state index contributed by atoms with van der Waals surface area (Å²) in [6.45, 7) is 3.52. The molecule has 0 saturated carbocycles. The molecule has 14 heavy (non-hydrogen) atoms. The molecule has 2 N–H and O–H groups in total. The summed E-state index contributed by atoms with van der Waals surface area (Å²) in [5.74, 6) is 0.366. The Labute approximate surface area is 82.9 Å². The van der Waals surface area contributed by atoms with Crippen molar-refractivity contribution in [1.82, 2.24) is 5.32 Å². The van der Waals surface area contributed by atoms with Crippen molar-refractivity contribution in [2.75, 3.05) is 6.54 Å². The van der Waals surface area contributed by atoms with E-state index in [9.17, 15) is 9.90 Å². The minimum atomic E-state index is -1.14. The van der Waals surface area contributed by atoms with Crippen LogP contribution in [0, 0.1) is 0 Å². The summed E-state index contributed by atoms with van der Waals surface area (Å²) in [5, 5.41) is 12.5. The maximum Gasteiger partial charge on any atom is 0.219 e. The Bertz CT molecular complexity index is 290. The molecule has 0 aromatic carbocycles. The molecule has 1 unspecified atom stereocenters. The van der Waals surface area contributed by atoms with E-state index < -0.39 is 5.60 Å². The van der Waals surface area contributed by atoms with Crippen molar-refractivity contribution >= 4 is 5.91 Å². The minimum absolute atomic E-state index is 0.0863. The molecule has 1 aromatic heterocycles. The Kier molecular flexibility index (Phi) is 3.30. The van der Waals surface area contributed by atoms with Crippen molar-refractivity contribution in [3.05, 3.63) is 24.2 Å². The molecule has 0 aliphatic heterocycles. The Morgan fingerprint density at radius 2 is 2.43 bits per heavy atom. The second-order valence-corrected chi connectivity index (χ2v) is 3.38. The molecule has 0 aliphatic carbocycles. The van der Waals surface area contributed by atoms with Crippen LogP contribution in [0.3, 0.4) is 0 Å². The molecule has 1 amide bonds. The van der Waals surface area contributed by atoms with Gasteiger partial charge in [0, 0.05) is 6.42 Å². The van der Waals surface area contributed by atoms with E-state index in [0.29, 0.717) is 12.2 Å². The molecule has 1 atom stereocenters. The molecular formula is C10H15NO3. The molecule has 1 aromatic rings. The van der Waals surface area contributed by atoms with E-state index >= 15 is 0 Å². The second-order valence-electron chi connectivity index (χ2n) is 3.38. The average Bonchev–Trinajstić information content (AvgIpc) is 2.67. The smallest absolute Gasteiger partial charge is 0.219 e. The monoisotopic (exact) mass is 197 g/mol. The fraction of sp³-hybridized carbons (Fsp3) is 0.500. The molecule has 0 spiro atoms. The zero-order chi connectivity index (χ0) is 10.6. The van der Waals surface area contributed by atoms with Gasteiger partial charge in [-0.1, -0.05) is 6.92 Å². The van der Waals surface area contributed by atoms with Gasteiger partial charge in [0.1, 0.15) is 11.4 Å². The van der Waals surface area contributed by atoms with Crippen LogP contribution in [-0.4, -0.2) is 17.6 Å². The van der Waals surface area contributed by atoms with Crippen LogP contribution in [0.2, 0.25) is 0 Å². The van der Waals surface area contributed by atoms with Gasteiger partial charge in [0.15, 0.2) is 0 Å². The van der Waals surface area contributed by atoms with Crippen LogP contribution in [0.25, 0.3) is 0 Å². The number of hydrogen-bond donors (Lipinski definition) is 2. The van der Waals surface area contributed by atoms with Gasteiger partial charge >= 0.3 is 0 Å². The van der Waals surface area contributed by atoms with Gasteiger partial charge in [-0.3, -0.25) is 4.79 Å². The lowest BCUT2D eigenvalue weighted by Crippen LogP contribution is -2.38. The summed E-state index contributed by atoms with van der Waals surface area (Å²) in [6.07, 6.45) is 1.90. The number of hydrogen-bond acceptors (Lipinski definition) is 3. The first-order valence-corrected chi connectivity index (χ1v) is 4.59. The summed E-state index contributed by atoms with van der Waals surface area (Å²) < 4.78 is 5.06. The Morgan fingerprint density at radius 3 is 2.93 bits per heavy atom. The zero-order valence-electron chi connectivity index (χ0n) is 8.41. The fourth-order valence-corrected chi connectivity index (χ4v) is 1.07. The molecule has 0 bridgehead atoms. The molecule has 1 rings (SSSR count). The zero-order valence-corrected chi connectivity index (χ0v) is 8.41. The van der Waals surface area contributed by atoms with Gasteiger partial charge < -0.3 is 14.8 Å². The van der Waals surface area contributed by atoms with Crippen molar-refractivity contribution in [3.8, 4) is 0 Å². The minimum Gasteiger partial charge on any atom is -0.466 e. The van der Waals surface area contributed by atoms with E-state index in [1.165, 1.54) is 6.26 Å². The molecule has 4 heteroatoms. The van der Waals surface area contributed by atoms with Crippen LogP contribution in [0.5, 0.6) is 0 Å². The quantitative estimate of drug-likeness (QED) is 0.757. The molecule has 0 aliphatic rings. The van der Waals surface area contributed by atoms with Crippen LogP contribution in [-0.2, 0) is 10.4 Å². The maximum atomic E-state index is 11.0. The first kappa shape index (κ1) is 10.8. The third-order valence-electron chi connectivity index (χ3n) is 2.00. The lowest BCUT2D eigenvalue weighted by molar-refractivity contribution is -0.122. The summed E-state index contributed by atoms with van der Waals surface area (Å²) >= 11 is 0. The van der Waals surface area contributed by atoms with Crippen LogP contribution < -0.4 is 5.32 Å². The molecule has 0 saturated heterocycles. The summed E-state index contributed by atoms with van der Waals surface area (Å²) in [5.41, 5.74) is -1.14. The van der Waals surface area contributed by atoms with Crippen LogP contribution >= 0.6 is 0 Å². The second kappa shape index (κ2) is 4.28. The number of amides is 1. The van der Waals surface area contributed by atoms with Crippen LogP contribution in [0.15, 0.2) is 22.8 Å². The first-order chi connectivity index (χ1) is 6.56. The Hall–Kier alpha value is -1.29. The summed E-state index contributed by atoms with van der Waals surface area (Å²) in [6, 6.07) is 3.38. The van der Waals surface area contributed by atoms with Gasteiger partial charge in [-0.2, -0.15) is 0 Å². The highest BCUT2D eigenvalue weighted by atomic mass is 16.4. The number of rotatable bonds is 4. The highest BCUT2D eigenvalue weighted by Gasteiger charge is 2.26. The van der Waals surface area contributed by atoms with Crippen molar-refractivity contribution in [2.45, 2.75) is 25.9 Å². The normalized spacial score (nSPS) is 14.8. The molecule has 4 nitrogen and oxygen atoms in total. The van der Waals surface area contributed by atoms with Crippen molar-refractivity contribution in [2.24, 2.45) is 0 Å². The lowest BCUT2D eigenvalue weighted by atomic mass is 10.0. The maximum absolute atomic E-state index is 11.0. The van der Waals surface area contributed by atoms with E-state index in [4.69, 9.17) is 4.42 Å². The number of furan rings is 1. The highest BCUT2D eigenvalue weighted by Crippen LogP contribution is 2.19. The summed E-state index contributed by atoms with van der Waals surface area (Å²) in [7, 11) is 0. The van der Waals surface area contributed by atoms with Crippen LogP contribution in [0.4, 0.5) is 0 Å². The number of aliphatic hydroxyl groups is 1. The van der Waals surface area contributed by atoms with Gasteiger partial charge in [0.2, 0.25) is 5.91 Å². The fourth-order valence-electron chi connectivity index (χ4n) is 1.07. The van der Waals surface area contributed by atoms with Crippen molar-refractivity contribution < 1.29 is 14.3 Å². The van der Waals surface area contributed by atoms with E-state index in [0.717, 1.165) is 0 Å². The lowest BCUT2D eigenvalue weighted by Gasteiger charge is -2.20. The standard InChI is InChI=1S/C10H15NO3/c1-3-9(12)11-7-10(2,13)8-5-4-6-14-8/h4-6,13H,3,7H2,1-2H3,(H,11,12). The average molecular weight is 197 g/mol. The van der Waals surface area contributed by atoms with E-state index in [2.05, 4.69) is 5.32 Å². The predicted molar refractivity (Wildman–Crippen MR) is 51.6 cm³/mol. The molecule has 0 radical (unpaired) electrons. The summed E-state index contributed by atoms with van der Waals surface area (Å²) in [4.78, 5) is 11.0. The van der Waals surface area contributed by atoms with Gasteiger partial charge in [0.05, 0.1) is 12.8 Å². The predicted octanol–water partition coefficient (Wildman–Crippen LogP) is 1.01. The molecule has 0 fully saturated rings. The van der Waals surface area contributed by atoms with Gasteiger partial charge in [-0.15, -0.1) is 0 Å². The third-order valence-corrected chi connectivity index (χ3v) is 2.00. The SMILES string of the molecule is CCC(=O)NCC(C)(O)c1ccco1. The molecule has 78 valence electrons. The third kappa shape index (κ3) is 2.60. The van der Waals surface area contributed by atoms with E-state index in [-0.39, 0.29) is 12.5 Å². The Morgan fingerprint density at radius 1 is 1.71 bits per heavy atom. The Balaban J connectivity index is 2.54. The largest absolute Gasteiger partial charge is 0.466 e. The van der Waals surface area contributed by atoms with Crippen molar-refractivity contribution in [1.29, 1.82) is 0 Å². The molecule has 1 heterocycles. The van der Waals surface area contributed by atoms with Crippen LogP contribution in [0.1, 0.15) is 26.0 Å². The topological polar surface area (TPSA) is 62.5 Å². The number of carbonyl (C=O) groups is 1. The van der Waals surface area contributed by atoms with Gasteiger partial charge in [-0.25, -0.2) is 0 Å². The highest BCUT2D eigenvalue weighted by molar-refractivity contribution is 5.75.